The molecule has 9 heteroatoms. The van der Waals surface area contributed by atoms with E-state index in [1.807, 2.05) is 11.9 Å². The predicted molar refractivity (Wildman–Crippen MR) is 82.8 cm³/mol. The van der Waals surface area contributed by atoms with Crippen molar-refractivity contribution in [3.05, 3.63) is 22.6 Å². The maximum atomic E-state index is 12.9. The Morgan fingerprint density at radius 2 is 2.08 bits per heavy atom. The van der Waals surface area contributed by atoms with Crippen LogP contribution in [0.5, 0.6) is 0 Å². The van der Waals surface area contributed by atoms with E-state index >= 15 is 0 Å². The Morgan fingerprint density at radius 1 is 1.40 bits per heavy atom. The number of amides is 1. The van der Waals surface area contributed by atoms with Crippen LogP contribution in [-0.4, -0.2) is 77.7 Å². The normalized spacial score (nSPS) is 38.6. The highest BCUT2D eigenvalue weighted by Crippen LogP contribution is 2.57. The number of aliphatic hydroxyl groups is 1. The molecule has 4 rings (SSSR count). The van der Waals surface area contributed by atoms with Crippen molar-refractivity contribution in [3.8, 4) is 0 Å². The molecule has 0 spiro atoms. The second-order valence-corrected chi connectivity index (χ2v) is 6.83. The Morgan fingerprint density at radius 3 is 2.68 bits per heavy atom. The molecular formula is C16H19N3O6. The molecular weight excluding hydrogens is 330 g/mol. The van der Waals surface area contributed by atoms with Crippen LogP contribution in [0.4, 0.5) is 4.79 Å². The Bertz CT molecular complexity index is 787. The topological polar surface area (TPSA) is 122 Å². The second-order valence-electron chi connectivity index (χ2n) is 6.83. The summed E-state index contributed by atoms with van der Waals surface area (Å²) in [5.41, 5.74) is 4.09. The lowest BCUT2D eigenvalue weighted by molar-refractivity contribution is -0.126. The van der Waals surface area contributed by atoms with Crippen LogP contribution in [0.15, 0.2) is 22.6 Å². The van der Waals surface area contributed by atoms with Gasteiger partial charge in [-0.1, -0.05) is 0 Å². The van der Waals surface area contributed by atoms with Gasteiger partial charge in [0.2, 0.25) is 11.6 Å². The number of nitrogens with zero attached hydrogens (tertiary/aromatic N) is 2. The van der Waals surface area contributed by atoms with Crippen LogP contribution in [-0.2, 0) is 19.1 Å². The number of carbonyl (C=O) groups is 3. The monoisotopic (exact) mass is 349 g/mol. The minimum atomic E-state index is -1.49. The van der Waals surface area contributed by atoms with Gasteiger partial charge in [-0.2, -0.15) is 0 Å². The lowest BCUT2D eigenvalue weighted by Gasteiger charge is -2.37. The van der Waals surface area contributed by atoms with Gasteiger partial charge >= 0.3 is 6.09 Å². The number of fused-ring (bicyclic) bond motifs is 4. The molecule has 4 aliphatic rings. The van der Waals surface area contributed by atoms with Crippen LogP contribution >= 0.6 is 0 Å². The highest BCUT2D eigenvalue weighted by molar-refractivity contribution is 6.25. The summed E-state index contributed by atoms with van der Waals surface area (Å²) in [6, 6.07) is -0.155. The van der Waals surface area contributed by atoms with E-state index < -0.39 is 23.5 Å². The van der Waals surface area contributed by atoms with Crippen molar-refractivity contribution in [2.45, 2.75) is 24.7 Å². The molecule has 5 atom stereocenters. The van der Waals surface area contributed by atoms with Crippen molar-refractivity contribution in [3.63, 3.8) is 0 Å². The molecule has 25 heavy (non-hydrogen) atoms. The third kappa shape index (κ3) is 1.77. The second kappa shape index (κ2) is 4.83. The van der Waals surface area contributed by atoms with E-state index in [1.54, 1.807) is 4.90 Å². The third-order valence-corrected chi connectivity index (χ3v) is 5.80. The van der Waals surface area contributed by atoms with Crippen LogP contribution in [0, 0.1) is 5.92 Å². The summed E-state index contributed by atoms with van der Waals surface area (Å²) in [6.07, 6.45) is -1.00. The predicted octanol–water partition coefficient (Wildman–Crippen LogP) is -1.28. The highest BCUT2D eigenvalue weighted by atomic mass is 16.5. The van der Waals surface area contributed by atoms with Crippen molar-refractivity contribution in [2.75, 3.05) is 27.3 Å². The molecule has 0 aromatic rings. The number of ketones is 2. The maximum absolute atomic E-state index is 12.9. The zero-order chi connectivity index (χ0) is 18.3. The van der Waals surface area contributed by atoms with Gasteiger partial charge in [-0.15, -0.1) is 0 Å². The average molecular weight is 349 g/mol. The molecule has 1 amide bonds. The quantitative estimate of drug-likeness (QED) is 0.477. The number of carbonyl (C=O) groups excluding carboxylic acids is 3. The van der Waals surface area contributed by atoms with Crippen LogP contribution in [0.25, 0.3) is 0 Å². The summed E-state index contributed by atoms with van der Waals surface area (Å²) in [4.78, 5) is 40.4. The SMILES string of the molecule is COC1=C(C)C(=O)C2=C(C1=O)[C@H](COC(N)=O)[C@@]1(O)[C@@H]3[C@H](CN21)N3C. The number of rotatable bonds is 3. The number of ether oxygens (including phenoxy) is 2. The molecule has 1 aliphatic carbocycles. The van der Waals surface area contributed by atoms with E-state index in [4.69, 9.17) is 15.2 Å². The standard InChI is InChI=1S/C16H19N3O6/c1-6-11(20)10-9(12(21)13(6)24-3)7(5-25-15(17)22)16(23)14-8(18(14)2)4-19(10)16/h7-8,14,23H,4-5H2,1-3H3,(H2,17,22)/t7-,8-,14-,16+,18?/m0/s1. The van der Waals surface area contributed by atoms with Crippen molar-refractivity contribution in [1.82, 2.24) is 9.80 Å². The first-order valence-electron chi connectivity index (χ1n) is 7.97. The largest absolute Gasteiger partial charge is 0.492 e. The molecule has 0 aromatic carbocycles. The Balaban J connectivity index is 1.82. The number of hydrogen-bond donors (Lipinski definition) is 2. The molecule has 1 unspecified atom stereocenters. The molecule has 3 heterocycles. The van der Waals surface area contributed by atoms with E-state index in [2.05, 4.69) is 0 Å². The number of likely N-dealkylation sites (N-methyl/N-ethyl adjacent to an activating group) is 1. The van der Waals surface area contributed by atoms with Gasteiger partial charge in [0.05, 0.1) is 24.8 Å². The lowest BCUT2D eigenvalue weighted by atomic mass is 9.83. The first-order valence-corrected chi connectivity index (χ1v) is 7.97. The molecule has 0 radical (unpaired) electrons. The zero-order valence-electron chi connectivity index (χ0n) is 14.1. The van der Waals surface area contributed by atoms with E-state index in [9.17, 15) is 19.5 Å². The van der Waals surface area contributed by atoms with Crippen molar-refractivity contribution < 1.29 is 29.0 Å². The average Bonchev–Trinajstić information content (AvgIpc) is 2.96. The van der Waals surface area contributed by atoms with E-state index in [0.29, 0.717) is 6.54 Å². The van der Waals surface area contributed by atoms with Gasteiger partial charge in [-0.3, -0.25) is 14.5 Å². The molecule has 0 bridgehead atoms. The fourth-order valence-electron chi connectivity index (χ4n) is 4.60. The van der Waals surface area contributed by atoms with Crippen molar-refractivity contribution >= 4 is 17.7 Å². The van der Waals surface area contributed by atoms with Crippen LogP contribution < -0.4 is 5.73 Å². The molecule has 3 aliphatic heterocycles. The summed E-state index contributed by atoms with van der Waals surface area (Å²) >= 11 is 0. The number of piperazine rings is 1. The van der Waals surface area contributed by atoms with Gasteiger partial charge < -0.3 is 25.2 Å². The number of methoxy groups -OCH3 is 1. The fourth-order valence-corrected chi connectivity index (χ4v) is 4.60. The van der Waals surface area contributed by atoms with E-state index in [0.717, 1.165) is 0 Å². The number of hydrogen-bond acceptors (Lipinski definition) is 8. The molecule has 134 valence electrons. The lowest BCUT2D eigenvalue weighted by Crippen LogP contribution is -2.53. The van der Waals surface area contributed by atoms with Crippen LogP contribution in [0.2, 0.25) is 0 Å². The first kappa shape index (κ1) is 16.1. The Hall–Kier alpha value is -2.39. The molecule has 0 aromatic heterocycles. The van der Waals surface area contributed by atoms with Gasteiger partial charge in [0.25, 0.3) is 0 Å². The molecule has 3 N–H and O–H groups in total. The molecule has 2 fully saturated rings. The smallest absolute Gasteiger partial charge is 0.404 e. The summed E-state index contributed by atoms with van der Waals surface area (Å²) in [5, 5.41) is 11.4. The fraction of sp³-hybridized carbons (Fsp3) is 0.562. The number of Topliss-reactive ketones (excluding diaryl/α,β-unsaturated/α-hetero) is 2. The molecule has 9 nitrogen and oxygen atoms in total. The van der Waals surface area contributed by atoms with Gasteiger partial charge in [-0.05, 0) is 14.0 Å². The molecule has 2 saturated heterocycles. The van der Waals surface area contributed by atoms with Gasteiger partial charge in [-0.25, -0.2) is 4.79 Å². The van der Waals surface area contributed by atoms with Crippen molar-refractivity contribution in [1.29, 1.82) is 0 Å². The van der Waals surface area contributed by atoms with Crippen LogP contribution in [0.3, 0.4) is 0 Å². The first-order chi connectivity index (χ1) is 11.7. The van der Waals surface area contributed by atoms with Gasteiger partial charge in [0.1, 0.15) is 6.61 Å². The van der Waals surface area contributed by atoms with E-state index in [1.165, 1.54) is 14.0 Å². The maximum Gasteiger partial charge on any atom is 0.404 e. The highest BCUT2D eigenvalue weighted by Gasteiger charge is 2.74. The van der Waals surface area contributed by atoms with E-state index in [-0.39, 0.29) is 47.1 Å². The summed E-state index contributed by atoms with van der Waals surface area (Å²) in [6.45, 7) is 1.67. The number of primary amides is 1. The Kier molecular flexibility index (Phi) is 3.11. The third-order valence-electron chi connectivity index (χ3n) is 5.80. The number of allylic oxidation sites excluding steroid dienone is 2. The minimum Gasteiger partial charge on any atom is -0.492 e. The number of nitrogens with two attached hydrogens (primary N) is 1. The minimum absolute atomic E-state index is 0.0432. The zero-order valence-corrected chi connectivity index (χ0v) is 14.1. The van der Waals surface area contributed by atoms with Gasteiger partial charge in [0, 0.05) is 23.7 Å². The summed E-state index contributed by atoms with van der Waals surface area (Å²) in [7, 11) is 3.18. The van der Waals surface area contributed by atoms with Crippen molar-refractivity contribution in [2.24, 2.45) is 11.7 Å². The summed E-state index contributed by atoms with van der Waals surface area (Å²) in [5.74, 6) is -1.73. The Labute approximate surface area is 143 Å². The summed E-state index contributed by atoms with van der Waals surface area (Å²) < 4.78 is 10.0. The molecule has 0 saturated carbocycles. The van der Waals surface area contributed by atoms with Crippen LogP contribution in [0.1, 0.15) is 6.92 Å². The van der Waals surface area contributed by atoms with Gasteiger partial charge in [0.15, 0.2) is 11.5 Å².